The lowest BCUT2D eigenvalue weighted by molar-refractivity contribution is 1.28. The SMILES string of the molecule is C1=C=CC(c2ccc(N(c3ccc(-c4ccccc4)cc3)c3ccc(-c4cccc(-c5cccc(-c6ccc(N(c7ccc(-c8ccccc8)cc7)c7ccc(-c8ccccc8)cc7)cc6)c5)c4)cc3)cc2)=CC=1. The molecule has 74 heavy (non-hydrogen) atoms. The van der Waals surface area contributed by atoms with Gasteiger partial charge in [0.1, 0.15) is 0 Å². The third-order valence-corrected chi connectivity index (χ3v) is 13.8. The van der Waals surface area contributed by atoms with E-state index in [1.54, 1.807) is 0 Å². The van der Waals surface area contributed by atoms with Gasteiger partial charge in [-0.3, -0.25) is 0 Å². The van der Waals surface area contributed by atoms with Crippen LogP contribution in [0.25, 0.3) is 72.3 Å². The first-order valence-corrected chi connectivity index (χ1v) is 25.1. The van der Waals surface area contributed by atoms with Crippen LogP contribution in [0.5, 0.6) is 0 Å². The van der Waals surface area contributed by atoms with E-state index >= 15 is 0 Å². The van der Waals surface area contributed by atoms with E-state index in [4.69, 9.17) is 0 Å². The first-order valence-electron chi connectivity index (χ1n) is 25.1. The number of hydrogen-bond donors (Lipinski definition) is 0. The van der Waals surface area contributed by atoms with Crippen LogP contribution in [0.2, 0.25) is 0 Å². The van der Waals surface area contributed by atoms with E-state index in [1.165, 1.54) is 50.1 Å². The van der Waals surface area contributed by atoms with E-state index in [9.17, 15) is 0 Å². The Morgan fingerprint density at radius 3 is 0.730 bits per heavy atom. The molecule has 0 heterocycles. The van der Waals surface area contributed by atoms with Crippen molar-refractivity contribution in [1.29, 1.82) is 0 Å². The zero-order valence-corrected chi connectivity index (χ0v) is 40.8. The fraction of sp³-hybridized carbons (Fsp3) is 0. The van der Waals surface area contributed by atoms with Gasteiger partial charge in [0.25, 0.3) is 0 Å². The Kier molecular flexibility index (Phi) is 12.7. The minimum Gasteiger partial charge on any atom is -0.311 e. The van der Waals surface area contributed by atoms with Crippen LogP contribution in [0.1, 0.15) is 5.56 Å². The van der Waals surface area contributed by atoms with E-state index < -0.39 is 0 Å². The van der Waals surface area contributed by atoms with Crippen LogP contribution >= 0.6 is 0 Å². The maximum atomic E-state index is 3.09. The summed E-state index contributed by atoms with van der Waals surface area (Å²) >= 11 is 0. The van der Waals surface area contributed by atoms with Crippen LogP contribution in [0.3, 0.4) is 0 Å². The first-order chi connectivity index (χ1) is 36.7. The van der Waals surface area contributed by atoms with Crippen LogP contribution < -0.4 is 9.80 Å². The predicted octanol–water partition coefficient (Wildman–Crippen LogP) is 19.9. The molecule has 1 aliphatic carbocycles. The zero-order valence-electron chi connectivity index (χ0n) is 40.8. The van der Waals surface area contributed by atoms with E-state index in [0.29, 0.717) is 0 Å². The van der Waals surface area contributed by atoms with Gasteiger partial charge in [0.2, 0.25) is 0 Å². The average molecular weight is 943 g/mol. The Hall–Kier alpha value is -9.94. The van der Waals surface area contributed by atoms with Gasteiger partial charge in [-0.2, -0.15) is 0 Å². The molecule has 0 amide bonds. The molecule has 0 unspecified atom stereocenters. The normalized spacial score (nSPS) is 11.5. The van der Waals surface area contributed by atoms with Crippen LogP contribution in [-0.2, 0) is 0 Å². The highest BCUT2D eigenvalue weighted by Gasteiger charge is 2.17. The standard InChI is InChI=1S/C72H50N2/c1-5-15-53(16-6-1)57-27-39-67(40-28-57)73(68-41-29-58(30-42-68)54-17-7-2-8-18-54)71-47-35-61(36-48-71)63-23-13-25-65(51-63)66-26-14-24-64(52-66)62-37-49-72(50-38-62)74(69-43-31-59(32-44-69)55-19-9-3-10-20-55)70-45-33-60(34-46-70)56-21-11-4-12-22-56/h1-3,5-11,13-52H. The van der Waals surface area contributed by atoms with E-state index in [1.807, 2.05) is 12.2 Å². The highest BCUT2D eigenvalue weighted by atomic mass is 15.1. The Balaban J connectivity index is 0.812. The smallest absolute Gasteiger partial charge is 0.0462 e. The highest BCUT2D eigenvalue weighted by molar-refractivity contribution is 5.85. The predicted molar refractivity (Wildman–Crippen MR) is 313 cm³/mol. The van der Waals surface area contributed by atoms with Gasteiger partial charge < -0.3 is 9.80 Å². The monoisotopic (exact) mass is 942 g/mol. The maximum absolute atomic E-state index is 3.09. The second kappa shape index (κ2) is 20.8. The Bertz CT molecular complexity index is 3740. The van der Waals surface area contributed by atoms with Gasteiger partial charge in [0.05, 0.1) is 0 Å². The number of hydrogen-bond acceptors (Lipinski definition) is 2. The molecule has 0 aromatic heterocycles. The number of allylic oxidation sites excluding steroid dienone is 4. The molecule has 0 bridgehead atoms. The van der Waals surface area contributed by atoms with Crippen LogP contribution in [0.15, 0.2) is 315 Å². The number of nitrogens with zero attached hydrogens (tertiary/aromatic N) is 2. The number of rotatable bonds is 13. The fourth-order valence-corrected chi connectivity index (χ4v) is 9.89. The number of anilines is 6. The summed E-state index contributed by atoms with van der Waals surface area (Å²) in [5, 5.41) is 0. The molecule has 348 valence electrons. The van der Waals surface area contributed by atoms with Gasteiger partial charge in [-0.25, -0.2) is 0 Å². The summed E-state index contributed by atoms with van der Waals surface area (Å²) in [6.45, 7) is 0. The fourth-order valence-electron chi connectivity index (χ4n) is 9.89. The molecule has 2 nitrogen and oxygen atoms in total. The summed E-state index contributed by atoms with van der Waals surface area (Å²) < 4.78 is 0. The minimum atomic E-state index is 1.08. The van der Waals surface area contributed by atoms with E-state index in [-0.39, 0.29) is 0 Å². The molecule has 0 atom stereocenters. The summed E-state index contributed by atoms with van der Waals surface area (Å²) in [4.78, 5) is 4.66. The molecular weight excluding hydrogens is 893 g/mol. The van der Waals surface area contributed by atoms with Crippen molar-refractivity contribution >= 4 is 39.7 Å². The quantitative estimate of drug-likeness (QED) is 0.106. The van der Waals surface area contributed by atoms with Gasteiger partial charge in [-0.15, -0.1) is 0 Å². The van der Waals surface area contributed by atoms with Gasteiger partial charge >= 0.3 is 0 Å². The molecule has 0 N–H and O–H groups in total. The van der Waals surface area contributed by atoms with Crippen molar-refractivity contribution in [3.63, 3.8) is 0 Å². The molecule has 0 spiro atoms. The minimum absolute atomic E-state index is 1.08. The van der Waals surface area contributed by atoms with Crippen molar-refractivity contribution in [3.05, 3.63) is 320 Å². The van der Waals surface area contributed by atoms with Gasteiger partial charge in [0, 0.05) is 34.1 Å². The second-order valence-corrected chi connectivity index (χ2v) is 18.4. The molecule has 11 aromatic carbocycles. The summed E-state index contributed by atoms with van der Waals surface area (Å²) in [5.74, 6) is 0. The average Bonchev–Trinajstić information content (AvgIpc) is 3.49. The van der Waals surface area contributed by atoms with Crippen molar-refractivity contribution in [1.82, 2.24) is 0 Å². The van der Waals surface area contributed by atoms with Crippen LogP contribution in [0, 0.1) is 0 Å². The molecule has 1 aliphatic rings. The van der Waals surface area contributed by atoms with Gasteiger partial charge in [0.15, 0.2) is 0 Å². The lowest BCUT2D eigenvalue weighted by Crippen LogP contribution is -2.10. The second-order valence-electron chi connectivity index (χ2n) is 18.4. The van der Waals surface area contributed by atoms with Crippen molar-refractivity contribution in [2.24, 2.45) is 0 Å². The van der Waals surface area contributed by atoms with Crippen LogP contribution in [-0.4, -0.2) is 0 Å². The first kappa shape index (κ1) is 45.2. The lowest BCUT2D eigenvalue weighted by atomic mass is 9.96. The maximum Gasteiger partial charge on any atom is 0.0462 e. The van der Waals surface area contributed by atoms with Crippen molar-refractivity contribution in [2.45, 2.75) is 0 Å². The Labute approximate surface area is 434 Å². The van der Waals surface area contributed by atoms with Crippen molar-refractivity contribution < 1.29 is 0 Å². The molecule has 0 radical (unpaired) electrons. The Morgan fingerprint density at radius 2 is 0.446 bits per heavy atom. The molecule has 0 saturated heterocycles. The molecule has 0 aliphatic heterocycles. The summed E-state index contributed by atoms with van der Waals surface area (Å²) in [7, 11) is 0. The van der Waals surface area contributed by atoms with E-state index in [0.717, 1.165) is 62.0 Å². The van der Waals surface area contributed by atoms with Crippen molar-refractivity contribution in [2.75, 3.05) is 9.80 Å². The lowest BCUT2D eigenvalue weighted by Gasteiger charge is -2.26. The molecular formula is C72H50N2. The summed E-state index contributed by atoms with van der Waals surface area (Å²) in [6, 6.07) is 103. The molecule has 11 aromatic rings. The number of benzene rings is 11. The molecule has 12 rings (SSSR count). The Morgan fingerprint density at radius 1 is 0.203 bits per heavy atom. The van der Waals surface area contributed by atoms with Crippen LogP contribution in [0.4, 0.5) is 34.1 Å². The van der Waals surface area contributed by atoms with Crippen molar-refractivity contribution in [3.8, 4) is 66.8 Å². The zero-order chi connectivity index (χ0) is 49.5. The summed E-state index contributed by atoms with van der Waals surface area (Å²) in [6.07, 6.45) is 5.96. The highest BCUT2D eigenvalue weighted by Crippen LogP contribution is 2.40. The molecule has 0 saturated carbocycles. The van der Waals surface area contributed by atoms with E-state index in [2.05, 4.69) is 312 Å². The topological polar surface area (TPSA) is 6.48 Å². The largest absolute Gasteiger partial charge is 0.311 e. The third kappa shape index (κ3) is 9.75. The molecule has 2 heteroatoms. The summed E-state index contributed by atoms with van der Waals surface area (Å²) in [5.41, 5.74) is 29.1. The van der Waals surface area contributed by atoms with Gasteiger partial charge in [-0.1, -0.05) is 212 Å². The molecule has 0 fully saturated rings. The van der Waals surface area contributed by atoms with Gasteiger partial charge in [-0.05, 0) is 181 Å². The third-order valence-electron chi connectivity index (χ3n) is 13.8.